The van der Waals surface area contributed by atoms with E-state index < -0.39 is 10.0 Å². The van der Waals surface area contributed by atoms with Gasteiger partial charge in [0.05, 0.1) is 11.6 Å². The Morgan fingerprint density at radius 1 is 1.10 bits per heavy atom. The third kappa shape index (κ3) is 3.97. The summed E-state index contributed by atoms with van der Waals surface area (Å²) in [6.07, 6.45) is 0. The van der Waals surface area contributed by atoms with E-state index in [1.54, 1.807) is 18.2 Å². The minimum Gasteiger partial charge on any atom is -0.494 e. The summed E-state index contributed by atoms with van der Waals surface area (Å²) in [5, 5.41) is 0.197. The van der Waals surface area contributed by atoms with Crippen LogP contribution in [0.1, 0.15) is 12.5 Å². The lowest BCUT2D eigenvalue weighted by atomic mass is 10.2. The zero-order chi connectivity index (χ0) is 15.3. The number of benzene rings is 2. The second-order valence-corrected chi connectivity index (χ2v) is 6.44. The molecule has 0 saturated heterocycles. The van der Waals surface area contributed by atoms with E-state index in [-0.39, 0.29) is 16.5 Å². The largest absolute Gasteiger partial charge is 0.494 e. The van der Waals surface area contributed by atoms with Crippen LogP contribution in [0.25, 0.3) is 0 Å². The Hall–Kier alpha value is -1.56. The molecular formula is C15H16ClNO3S. The topological polar surface area (TPSA) is 55.4 Å². The Balaban J connectivity index is 2.18. The highest BCUT2D eigenvalue weighted by Crippen LogP contribution is 2.22. The van der Waals surface area contributed by atoms with Crippen molar-refractivity contribution >= 4 is 21.6 Å². The van der Waals surface area contributed by atoms with E-state index in [0.29, 0.717) is 12.4 Å². The Morgan fingerprint density at radius 2 is 1.76 bits per heavy atom. The molecule has 0 atom stereocenters. The molecule has 0 heterocycles. The van der Waals surface area contributed by atoms with Crippen LogP contribution in [-0.2, 0) is 16.6 Å². The van der Waals surface area contributed by atoms with E-state index in [1.165, 1.54) is 6.07 Å². The highest BCUT2D eigenvalue weighted by molar-refractivity contribution is 7.89. The molecule has 0 unspecified atom stereocenters. The summed E-state index contributed by atoms with van der Waals surface area (Å²) in [5.41, 5.74) is 0.773. The summed E-state index contributed by atoms with van der Waals surface area (Å²) >= 11 is 5.93. The van der Waals surface area contributed by atoms with Gasteiger partial charge in [-0.2, -0.15) is 0 Å². The minimum atomic E-state index is -3.66. The van der Waals surface area contributed by atoms with Crippen molar-refractivity contribution in [3.05, 3.63) is 59.1 Å². The third-order valence-electron chi connectivity index (χ3n) is 2.85. The van der Waals surface area contributed by atoms with Crippen LogP contribution in [0.4, 0.5) is 0 Å². The fourth-order valence-electron chi connectivity index (χ4n) is 1.86. The number of para-hydroxylation sites is 1. The van der Waals surface area contributed by atoms with Crippen LogP contribution in [0.3, 0.4) is 0 Å². The molecular weight excluding hydrogens is 310 g/mol. The summed E-state index contributed by atoms with van der Waals surface area (Å²) in [7, 11) is -3.66. The Labute approximate surface area is 129 Å². The van der Waals surface area contributed by atoms with Crippen LogP contribution in [0.15, 0.2) is 53.4 Å². The zero-order valence-corrected chi connectivity index (χ0v) is 13.1. The molecule has 4 nitrogen and oxygen atoms in total. The van der Waals surface area contributed by atoms with Gasteiger partial charge >= 0.3 is 0 Å². The van der Waals surface area contributed by atoms with Crippen molar-refractivity contribution < 1.29 is 13.2 Å². The summed E-state index contributed by atoms with van der Waals surface area (Å²) in [5.74, 6) is 0.668. The molecule has 0 aliphatic heterocycles. The third-order valence-corrected chi connectivity index (χ3v) is 4.75. The highest BCUT2D eigenvalue weighted by atomic mass is 35.5. The Morgan fingerprint density at radius 3 is 2.48 bits per heavy atom. The summed E-state index contributed by atoms with van der Waals surface area (Å²) in [4.78, 5) is 0.0700. The first kappa shape index (κ1) is 15.8. The number of sulfonamides is 1. The average molecular weight is 326 g/mol. The quantitative estimate of drug-likeness (QED) is 0.887. The molecule has 2 aromatic carbocycles. The SMILES string of the molecule is CCOc1ccccc1CNS(=O)(=O)c1ccccc1Cl. The highest BCUT2D eigenvalue weighted by Gasteiger charge is 2.17. The number of rotatable bonds is 6. The van der Waals surface area contributed by atoms with E-state index in [9.17, 15) is 8.42 Å². The molecule has 1 N–H and O–H groups in total. The molecule has 0 radical (unpaired) electrons. The van der Waals surface area contributed by atoms with Crippen molar-refractivity contribution in [3.63, 3.8) is 0 Å². The normalized spacial score (nSPS) is 11.3. The van der Waals surface area contributed by atoms with Gasteiger partial charge in [-0.3, -0.25) is 0 Å². The predicted molar refractivity (Wildman–Crippen MR) is 83.1 cm³/mol. The molecule has 0 bridgehead atoms. The van der Waals surface area contributed by atoms with Crippen LogP contribution < -0.4 is 9.46 Å². The lowest BCUT2D eigenvalue weighted by Crippen LogP contribution is -2.23. The van der Waals surface area contributed by atoms with Gasteiger partial charge < -0.3 is 4.74 Å². The molecule has 0 saturated carbocycles. The number of hydrogen-bond donors (Lipinski definition) is 1. The van der Waals surface area contributed by atoms with Crippen molar-refractivity contribution in [3.8, 4) is 5.75 Å². The molecule has 0 aromatic heterocycles. The monoisotopic (exact) mass is 325 g/mol. The van der Waals surface area contributed by atoms with Crippen LogP contribution in [-0.4, -0.2) is 15.0 Å². The fourth-order valence-corrected chi connectivity index (χ4v) is 3.38. The first-order chi connectivity index (χ1) is 10.0. The van der Waals surface area contributed by atoms with Crippen LogP contribution in [0.5, 0.6) is 5.75 Å². The predicted octanol–water partition coefficient (Wildman–Crippen LogP) is 3.22. The molecule has 0 aliphatic rings. The van der Waals surface area contributed by atoms with Gasteiger partial charge in [-0.05, 0) is 25.1 Å². The zero-order valence-electron chi connectivity index (χ0n) is 11.5. The number of nitrogens with one attached hydrogen (secondary N) is 1. The smallest absolute Gasteiger partial charge is 0.242 e. The maximum atomic E-state index is 12.3. The second kappa shape index (κ2) is 6.93. The van der Waals surface area contributed by atoms with Crippen LogP contribution in [0.2, 0.25) is 5.02 Å². The van der Waals surface area contributed by atoms with E-state index in [0.717, 1.165) is 5.56 Å². The Kier molecular flexibility index (Phi) is 5.22. The summed E-state index contributed by atoms with van der Waals surface area (Å²) in [6, 6.07) is 13.6. The van der Waals surface area contributed by atoms with Gasteiger partial charge in [0.25, 0.3) is 0 Å². The maximum Gasteiger partial charge on any atom is 0.242 e. The summed E-state index contributed by atoms with van der Waals surface area (Å²) in [6.45, 7) is 2.54. The average Bonchev–Trinajstić information content (AvgIpc) is 2.47. The molecule has 0 aliphatic carbocycles. The molecule has 0 amide bonds. The van der Waals surface area contributed by atoms with Crippen molar-refractivity contribution in [2.45, 2.75) is 18.4 Å². The minimum absolute atomic E-state index is 0.0700. The van der Waals surface area contributed by atoms with Gasteiger partial charge in [0.1, 0.15) is 10.6 Å². The van der Waals surface area contributed by atoms with Gasteiger partial charge in [0, 0.05) is 12.1 Å². The van der Waals surface area contributed by atoms with Gasteiger partial charge in [-0.1, -0.05) is 41.9 Å². The van der Waals surface area contributed by atoms with Crippen molar-refractivity contribution in [2.75, 3.05) is 6.61 Å². The van der Waals surface area contributed by atoms with E-state index >= 15 is 0 Å². The molecule has 112 valence electrons. The first-order valence-electron chi connectivity index (χ1n) is 6.49. The van der Waals surface area contributed by atoms with Crippen LogP contribution >= 0.6 is 11.6 Å². The summed E-state index contributed by atoms with van der Waals surface area (Å²) < 4.78 is 32.5. The van der Waals surface area contributed by atoms with Gasteiger partial charge in [0.15, 0.2) is 0 Å². The molecule has 2 rings (SSSR count). The standard InChI is InChI=1S/C15H16ClNO3S/c1-2-20-14-9-5-3-7-12(14)11-17-21(18,19)15-10-6-4-8-13(15)16/h3-10,17H,2,11H2,1H3. The van der Waals surface area contributed by atoms with E-state index in [4.69, 9.17) is 16.3 Å². The van der Waals surface area contributed by atoms with Gasteiger partial charge in [0.2, 0.25) is 10.0 Å². The molecule has 2 aromatic rings. The lowest BCUT2D eigenvalue weighted by molar-refractivity contribution is 0.336. The first-order valence-corrected chi connectivity index (χ1v) is 8.35. The number of ether oxygens (including phenoxy) is 1. The van der Waals surface area contributed by atoms with Gasteiger partial charge in [-0.15, -0.1) is 0 Å². The molecule has 0 fully saturated rings. The van der Waals surface area contributed by atoms with E-state index in [2.05, 4.69) is 4.72 Å². The number of halogens is 1. The van der Waals surface area contributed by atoms with Gasteiger partial charge in [-0.25, -0.2) is 13.1 Å². The van der Waals surface area contributed by atoms with Crippen LogP contribution in [0, 0.1) is 0 Å². The van der Waals surface area contributed by atoms with Crippen molar-refractivity contribution in [2.24, 2.45) is 0 Å². The van der Waals surface area contributed by atoms with Crippen molar-refractivity contribution in [1.82, 2.24) is 4.72 Å². The molecule has 0 spiro atoms. The molecule has 21 heavy (non-hydrogen) atoms. The van der Waals surface area contributed by atoms with E-state index in [1.807, 2.05) is 31.2 Å². The van der Waals surface area contributed by atoms with Crippen molar-refractivity contribution in [1.29, 1.82) is 0 Å². The maximum absolute atomic E-state index is 12.3. The number of hydrogen-bond acceptors (Lipinski definition) is 3. The molecule has 6 heteroatoms. The second-order valence-electron chi connectivity index (χ2n) is 4.30. The fraction of sp³-hybridized carbons (Fsp3) is 0.200. The lowest BCUT2D eigenvalue weighted by Gasteiger charge is -2.12. The Bertz CT molecular complexity index is 716.